The van der Waals surface area contributed by atoms with Crippen LogP contribution in [0.4, 0.5) is 4.39 Å². The minimum Gasteiger partial charge on any atom is -0.390 e. The minimum absolute atomic E-state index is 0.0178. The highest BCUT2D eigenvalue weighted by atomic mass is 19.1. The first-order valence-electron chi connectivity index (χ1n) is 14.4. The van der Waals surface area contributed by atoms with Crippen molar-refractivity contribution in [3.05, 3.63) is 65.0 Å². The van der Waals surface area contributed by atoms with Crippen LogP contribution in [0, 0.1) is 11.7 Å². The van der Waals surface area contributed by atoms with E-state index in [-0.39, 0.29) is 23.6 Å². The number of halogens is 1. The summed E-state index contributed by atoms with van der Waals surface area (Å²) in [5, 5.41) is 13.4. The van der Waals surface area contributed by atoms with Crippen LogP contribution in [0.15, 0.2) is 47.5 Å². The highest BCUT2D eigenvalue weighted by Crippen LogP contribution is 2.31. The number of fused-ring (bicyclic) bond motifs is 1. The monoisotopic (exact) mass is 549 g/mol. The molecule has 1 aliphatic carbocycles. The van der Waals surface area contributed by atoms with E-state index in [1.165, 1.54) is 23.8 Å². The molecule has 0 radical (unpaired) electrons. The molecule has 40 heavy (non-hydrogen) atoms. The lowest BCUT2D eigenvalue weighted by atomic mass is 9.83. The summed E-state index contributed by atoms with van der Waals surface area (Å²) >= 11 is 0. The predicted molar refractivity (Wildman–Crippen MR) is 152 cm³/mol. The summed E-state index contributed by atoms with van der Waals surface area (Å²) in [6.45, 7) is 8.04. The molecule has 0 bridgehead atoms. The number of rotatable bonds is 6. The van der Waals surface area contributed by atoms with Crippen molar-refractivity contribution in [3.8, 4) is 0 Å². The number of likely N-dealkylation sites (tertiary alicyclic amines) is 1. The molecular formula is C31H40FN5O3. The number of carbonyl (C=O) groups is 2. The number of hydrogen-bond donors (Lipinski definition) is 3. The van der Waals surface area contributed by atoms with Crippen LogP contribution in [-0.4, -0.2) is 56.1 Å². The van der Waals surface area contributed by atoms with E-state index < -0.39 is 17.3 Å². The molecule has 1 saturated heterocycles. The van der Waals surface area contributed by atoms with E-state index in [2.05, 4.69) is 36.9 Å². The van der Waals surface area contributed by atoms with Crippen LogP contribution in [0.3, 0.4) is 0 Å². The van der Waals surface area contributed by atoms with Crippen LogP contribution in [0.2, 0.25) is 0 Å². The van der Waals surface area contributed by atoms with Gasteiger partial charge in [-0.05, 0) is 107 Å². The molecule has 0 unspecified atom stereocenters. The maximum atomic E-state index is 13.8. The zero-order valence-corrected chi connectivity index (χ0v) is 23.6. The number of amides is 2. The van der Waals surface area contributed by atoms with Crippen molar-refractivity contribution >= 4 is 22.8 Å². The van der Waals surface area contributed by atoms with Gasteiger partial charge in [0, 0.05) is 31.1 Å². The Morgan fingerprint density at radius 2 is 1.80 bits per heavy atom. The molecule has 1 aliphatic heterocycles. The first kappa shape index (κ1) is 28.2. The van der Waals surface area contributed by atoms with Crippen molar-refractivity contribution in [2.75, 3.05) is 13.1 Å². The molecule has 0 atom stereocenters. The van der Waals surface area contributed by atoms with E-state index in [9.17, 15) is 19.1 Å². The molecule has 2 aliphatic rings. The zero-order valence-electron chi connectivity index (χ0n) is 23.6. The second-order valence-electron chi connectivity index (χ2n) is 12.0. The van der Waals surface area contributed by atoms with E-state index in [4.69, 9.17) is 0 Å². The lowest BCUT2D eigenvalue weighted by Gasteiger charge is -2.37. The summed E-state index contributed by atoms with van der Waals surface area (Å²) in [6, 6.07) is 12.2. The van der Waals surface area contributed by atoms with E-state index in [1.54, 1.807) is 13.0 Å². The van der Waals surface area contributed by atoms with Crippen molar-refractivity contribution in [3.63, 3.8) is 0 Å². The maximum absolute atomic E-state index is 13.8. The topological polar surface area (TPSA) is 103 Å². The number of carbonyl (C=O) groups excluding carboxylic acids is 2. The number of aliphatic hydroxyl groups is 1. The van der Waals surface area contributed by atoms with Crippen molar-refractivity contribution in [2.24, 2.45) is 10.9 Å². The molecule has 3 N–H and O–H groups in total. The first-order chi connectivity index (χ1) is 19.1. The van der Waals surface area contributed by atoms with Gasteiger partial charge in [-0.25, -0.2) is 4.39 Å². The molecule has 1 aromatic heterocycles. The second-order valence-corrected chi connectivity index (χ2v) is 12.0. The van der Waals surface area contributed by atoms with Crippen LogP contribution in [0.25, 0.3) is 11.0 Å². The fourth-order valence-corrected chi connectivity index (χ4v) is 6.33. The van der Waals surface area contributed by atoms with Crippen molar-refractivity contribution in [1.29, 1.82) is 0 Å². The Balaban J connectivity index is 1.45. The SMILES string of the molecule is CC(=O)N[C@H]1CC[C@H](n2/c(=N/C(=O)c3cccc(F)c3)[nH]c3ccc(CN4CCC(C(C)(C)O)CC4)cc32)CC1. The standard InChI is InChI=1S/C31H40FN5O3/c1-20(38)33-25-8-10-26(11-9-25)37-28-17-21(19-36-15-13-23(14-16-36)31(2,3)40)7-12-27(28)34-30(37)35-29(39)22-5-4-6-24(32)18-22/h4-7,12,17-18,23,25-26,40H,8-11,13-16,19H2,1-3H3,(H,33,38)(H,34,35,39)/t25-,26-. The fourth-order valence-electron chi connectivity index (χ4n) is 6.33. The Labute approximate surface area is 234 Å². The van der Waals surface area contributed by atoms with Gasteiger partial charge in [0.05, 0.1) is 16.6 Å². The van der Waals surface area contributed by atoms with E-state index in [1.807, 2.05) is 19.9 Å². The number of nitrogens with zero attached hydrogens (tertiary/aromatic N) is 3. The molecule has 2 amide bonds. The molecule has 2 fully saturated rings. The van der Waals surface area contributed by atoms with Crippen molar-refractivity contribution < 1.29 is 19.1 Å². The maximum Gasteiger partial charge on any atom is 0.280 e. The van der Waals surface area contributed by atoms with Gasteiger partial charge in [0.25, 0.3) is 5.91 Å². The summed E-state index contributed by atoms with van der Waals surface area (Å²) in [4.78, 5) is 34.8. The molecule has 5 rings (SSSR count). The summed E-state index contributed by atoms with van der Waals surface area (Å²) < 4.78 is 15.9. The molecule has 2 aromatic carbocycles. The number of imidazole rings is 1. The number of hydrogen-bond acceptors (Lipinski definition) is 4. The summed E-state index contributed by atoms with van der Waals surface area (Å²) in [6.07, 6.45) is 5.31. The number of nitrogens with one attached hydrogen (secondary N) is 2. The average molecular weight is 550 g/mol. The summed E-state index contributed by atoms with van der Waals surface area (Å²) in [5.41, 5.74) is 3.06. The average Bonchev–Trinajstić information content (AvgIpc) is 3.25. The molecule has 214 valence electrons. The lowest BCUT2D eigenvalue weighted by molar-refractivity contribution is -0.119. The predicted octanol–water partition coefficient (Wildman–Crippen LogP) is 4.45. The highest BCUT2D eigenvalue weighted by Gasteiger charge is 2.30. The van der Waals surface area contributed by atoms with Gasteiger partial charge in [-0.15, -0.1) is 0 Å². The van der Waals surface area contributed by atoms with Crippen molar-refractivity contribution in [1.82, 2.24) is 19.8 Å². The molecule has 1 saturated carbocycles. The number of piperidine rings is 1. The number of benzene rings is 2. The van der Waals surface area contributed by atoms with Gasteiger partial charge in [-0.1, -0.05) is 12.1 Å². The quantitative estimate of drug-likeness (QED) is 0.423. The van der Waals surface area contributed by atoms with Crippen LogP contribution in [0.1, 0.15) is 81.3 Å². The van der Waals surface area contributed by atoms with Gasteiger partial charge in [-0.3, -0.25) is 14.5 Å². The first-order valence-corrected chi connectivity index (χ1v) is 14.4. The third-order valence-corrected chi connectivity index (χ3v) is 8.54. The molecule has 2 heterocycles. The van der Waals surface area contributed by atoms with Crippen LogP contribution in [0.5, 0.6) is 0 Å². The van der Waals surface area contributed by atoms with Gasteiger partial charge < -0.3 is 20.0 Å². The smallest absolute Gasteiger partial charge is 0.280 e. The Bertz CT molecular complexity index is 1440. The largest absolute Gasteiger partial charge is 0.390 e. The third kappa shape index (κ3) is 6.53. The lowest BCUT2D eigenvalue weighted by Crippen LogP contribution is -2.41. The minimum atomic E-state index is -0.649. The normalized spacial score (nSPS) is 21.6. The molecule has 3 aromatic rings. The fraction of sp³-hybridized carbons (Fsp3) is 0.516. The van der Waals surface area contributed by atoms with Gasteiger partial charge in [-0.2, -0.15) is 4.99 Å². The Hall–Kier alpha value is -3.30. The van der Waals surface area contributed by atoms with E-state index >= 15 is 0 Å². The van der Waals surface area contributed by atoms with E-state index in [0.717, 1.165) is 69.2 Å². The molecular weight excluding hydrogens is 509 g/mol. The van der Waals surface area contributed by atoms with Gasteiger partial charge in [0.1, 0.15) is 5.82 Å². The molecule has 0 spiro atoms. The van der Waals surface area contributed by atoms with Gasteiger partial charge in [0.2, 0.25) is 11.5 Å². The molecule has 8 nitrogen and oxygen atoms in total. The zero-order chi connectivity index (χ0) is 28.4. The van der Waals surface area contributed by atoms with Gasteiger partial charge >= 0.3 is 0 Å². The van der Waals surface area contributed by atoms with Crippen LogP contribution < -0.4 is 10.9 Å². The van der Waals surface area contributed by atoms with Crippen LogP contribution in [-0.2, 0) is 11.3 Å². The van der Waals surface area contributed by atoms with Gasteiger partial charge in [0.15, 0.2) is 0 Å². The summed E-state index contributed by atoms with van der Waals surface area (Å²) in [5.74, 6) is -0.680. The second kappa shape index (κ2) is 11.7. The van der Waals surface area contributed by atoms with Crippen LogP contribution >= 0.6 is 0 Å². The molecule has 9 heteroatoms. The summed E-state index contributed by atoms with van der Waals surface area (Å²) in [7, 11) is 0. The number of aromatic amines is 1. The van der Waals surface area contributed by atoms with E-state index in [0.29, 0.717) is 11.5 Å². The highest BCUT2D eigenvalue weighted by molar-refractivity contribution is 5.95. The third-order valence-electron chi connectivity index (χ3n) is 8.54. The Morgan fingerprint density at radius 3 is 2.45 bits per heavy atom. The Morgan fingerprint density at radius 1 is 1.07 bits per heavy atom. The Kier molecular flexibility index (Phi) is 8.24. The van der Waals surface area contributed by atoms with Crippen molar-refractivity contribution in [2.45, 2.75) is 83.5 Å². The number of aromatic nitrogens is 2. The number of H-pyrrole nitrogens is 1.